The van der Waals surface area contributed by atoms with E-state index in [0.717, 1.165) is 44.5 Å². The Bertz CT molecular complexity index is 2710. The van der Waals surface area contributed by atoms with Crippen LogP contribution in [-0.2, 0) is 22.7 Å². The van der Waals surface area contributed by atoms with E-state index in [2.05, 4.69) is 4.98 Å². The molecule has 4 nitrogen and oxygen atoms in total. The molecule has 0 amide bonds. The van der Waals surface area contributed by atoms with E-state index in [0.29, 0.717) is 50.5 Å². The molecule has 3 aromatic heterocycles. The van der Waals surface area contributed by atoms with Gasteiger partial charge in [0.05, 0.1) is 11.4 Å². The van der Waals surface area contributed by atoms with Gasteiger partial charge in [-0.2, -0.15) is 13.2 Å². The van der Waals surface area contributed by atoms with Gasteiger partial charge in [0, 0.05) is 11.4 Å². The third kappa shape index (κ3) is 6.95. The van der Waals surface area contributed by atoms with Crippen molar-refractivity contribution in [2.75, 3.05) is 0 Å². The molecule has 282 valence electrons. The molecule has 0 N–H and O–H groups in total. The first-order chi connectivity index (χ1) is 27.0. The minimum Gasteiger partial charge on any atom is -0.657 e. The van der Waals surface area contributed by atoms with Gasteiger partial charge in [0.15, 0.2) is 0 Å². The van der Waals surface area contributed by atoms with Crippen LogP contribution in [0.25, 0.3) is 90.7 Å². The van der Waals surface area contributed by atoms with Gasteiger partial charge < -0.3 is 9.97 Å². The van der Waals surface area contributed by atoms with Gasteiger partial charge in [0.1, 0.15) is 0 Å². The average molecular weight is 796 g/mol. The predicted molar refractivity (Wildman–Crippen MR) is 223 cm³/mol. The average Bonchev–Trinajstić information content (AvgIpc) is 4.01. The van der Waals surface area contributed by atoms with Gasteiger partial charge in [0.2, 0.25) is 0 Å². The molecule has 0 saturated heterocycles. The van der Waals surface area contributed by atoms with Gasteiger partial charge >= 0.3 is 22.7 Å². The molecule has 0 unspecified atom stereocenters. The number of rotatable bonds is 4. The van der Waals surface area contributed by atoms with E-state index in [-0.39, 0.29) is 33.0 Å². The molecule has 5 heterocycles. The molecule has 2 aliphatic heterocycles. The van der Waals surface area contributed by atoms with Crippen molar-refractivity contribution in [3.05, 3.63) is 166 Å². The number of aromatic nitrogens is 4. The number of hydrogen-bond donors (Lipinski definition) is 0. The Balaban J connectivity index is 0.00000455. The zero-order valence-corrected chi connectivity index (χ0v) is 32.5. The molecule has 0 fully saturated rings. The summed E-state index contributed by atoms with van der Waals surface area (Å²) < 4.78 is 47.6. The molecule has 8 bridgehead atoms. The Kier molecular flexibility index (Phi) is 9.71. The van der Waals surface area contributed by atoms with Gasteiger partial charge in [-0.1, -0.05) is 148 Å². The summed E-state index contributed by atoms with van der Waals surface area (Å²) in [5.41, 5.74) is 11.6. The van der Waals surface area contributed by atoms with E-state index >= 15 is 13.2 Å². The van der Waals surface area contributed by atoms with E-state index in [1.54, 1.807) is 12.2 Å². The molecule has 0 saturated carbocycles. The third-order valence-corrected chi connectivity index (χ3v) is 10.4. The van der Waals surface area contributed by atoms with Crippen LogP contribution in [0, 0.1) is 27.7 Å². The predicted octanol–water partition coefficient (Wildman–Crippen LogP) is 13.0. The summed E-state index contributed by atoms with van der Waals surface area (Å²) in [5.74, 6) is 0. The van der Waals surface area contributed by atoms with Crippen LogP contribution >= 0.6 is 0 Å². The summed E-state index contributed by atoms with van der Waals surface area (Å²) in [5, 5.41) is -0.0537. The first-order valence-corrected chi connectivity index (χ1v) is 18.4. The van der Waals surface area contributed by atoms with Crippen molar-refractivity contribution in [2.45, 2.75) is 33.9 Å². The number of alkyl halides is 3. The minimum atomic E-state index is -4.78. The van der Waals surface area contributed by atoms with Crippen LogP contribution in [0.2, 0.25) is 0 Å². The Hall–Kier alpha value is -6.24. The number of fused-ring (bicyclic) bond motifs is 8. The summed E-state index contributed by atoms with van der Waals surface area (Å²) in [6.07, 6.45) is 3.88. The number of benzene rings is 4. The topological polar surface area (TPSA) is 52.8 Å². The van der Waals surface area contributed by atoms with E-state index < -0.39 is 11.7 Å². The molecule has 57 heavy (non-hydrogen) atoms. The maximum Gasteiger partial charge on any atom is 2.00 e. The van der Waals surface area contributed by atoms with Crippen LogP contribution in [0.5, 0.6) is 0 Å². The van der Waals surface area contributed by atoms with Gasteiger partial charge in [-0.25, -0.2) is 0 Å². The molecule has 8 heteroatoms. The fraction of sp³-hybridized carbons (Fsp3) is 0.102. The smallest absolute Gasteiger partial charge is 0.657 e. The van der Waals surface area contributed by atoms with E-state index in [1.807, 2.05) is 149 Å². The van der Waals surface area contributed by atoms with Gasteiger partial charge in [-0.3, -0.25) is 9.97 Å². The molecule has 0 aliphatic carbocycles. The van der Waals surface area contributed by atoms with Crippen LogP contribution < -0.4 is 4.98 Å². The number of halogens is 3. The first kappa shape index (κ1) is 37.7. The summed E-state index contributed by atoms with van der Waals surface area (Å²) in [6.45, 7) is 7.95. The molecule has 0 radical (unpaired) electrons. The second-order valence-corrected chi connectivity index (χ2v) is 14.5. The molecule has 7 aromatic rings. The zero-order valence-electron chi connectivity index (χ0n) is 31.5. The Morgan fingerprint density at radius 3 is 1.18 bits per heavy atom. The summed E-state index contributed by atoms with van der Waals surface area (Å²) in [4.78, 5) is 20.2. The Morgan fingerprint density at radius 2 is 0.789 bits per heavy atom. The SMILES string of the molecule is Cc1ccc(-c2c3nc(c(-c4ccc(C)cc4)c4cnc(c(-c5ccc(C)cc5)c5nc(c(-c6ccc(C)cc6)c6ccc2[n-]6)C=C5)[c-]4C(F)(F)F)C=C3)cc1.[Ni+2]. The van der Waals surface area contributed by atoms with E-state index in [1.165, 1.54) is 6.20 Å². The number of nitrogens with zero attached hydrogens (tertiary/aromatic N) is 4. The molecule has 4 aromatic carbocycles. The van der Waals surface area contributed by atoms with Crippen molar-refractivity contribution in [2.24, 2.45) is 0 Å². The summed E-state index contributed by atoms with van der Waals surface area (Å²) in [6, 6.07) is 35.2. The molecule has 0 spiro atoms. The second-order valence-electron chi connectivity index (χ2n) is 14.5. The van der Waals surface area contributed by atoms with Crippen molar-refractivity contribution in [1.29, 1.82) is 0 Å². The zero-order chi connectivity index (χ0) is 38.7. The van der Waals surface area contributed by atoms with Gasteiger partial charge in [-0.15, -0.1) is 16.4 Å². The Labute approximate surface area is 338 Å². The molecular weight excluding hydrogens is 760 g/mol. The standard InChI is InChI=1S/C49H35F3N4.Ni/c1-28-5-13-32(14-6-28)43-36-27-53-48(47(36)49(50,51)52)46(35-19-11-31(4)12-20-35)42-26-25-41(56-42)45(34-17-9-30(3)10-18-34)40-24-23-39(55-40)44(38-22-21-37(43)54-38)33-15-7-29(2)8-16-33;/h5-27H,1-4H3;/q-2;+2. The van der Waals surface area contributed by atoms with Gasteiger partial charge in [0.25, 0.3) is 0 Å². The van der Waals surface area contributed by atoms with E-state index in [9.17, 15) is 0 Å². The van der Waals surface area contributed by atoms with Crippen molar-refractivity contribution in [1.82, 2.24) is 19.9 Å². The van der Waals surface area contributed by atoms with Crippen molar-refractivity contribution in [3.8, 4) is 44.5 Å². The maximum absolute atomic E-state index is 15.9. The van der Waals surface area contributed by atoms with Crippen molar-refractivity contribution in [3.63, 3.8) is 0 Å². The third-order valence-electron chi connectivity index (χ3n) is 10.4. The normalized spacial score (nSPS) is 12.2. The quantitative estimate of drug-likeness (QED) is 0.131. The van der Waals surface area contributed by atoms with Crippen LogP contribution in [0.15, 0.2) is 115 Å². The molecule has 9 rings (SSSR count). The van der Waals surface area contributed by atoms with Crippen LogP contribution in [0.3, 0.4) is 0 Å². The fourth-order valence-corrected chi connectivity index (χ4v) is 7.56. The van der Waals surface area contributed by atoms with Crippen LogP contribution in [0.4, 0.5) is 13.2 Å². The van der Waals surface area contributed by atoms with Crippen LogP contribution in [-0.4, -0.2) is 15.0 Å². The largest absolute Gasteiger partial charge is 2.00 e. The minimum absolute atomic E-state index is 0. The summed E-state index contributed by atoms with van der Waals surface area (Å²) in [7, 11) is 0. The number of hydrogen-bond acceptors (Lipinski definition) is 3. The fourth-order valence-electron chi connectivity index (χ4n) is 7.56. The molecular formula is C49H35F3N4Ni. The number of aryl methyl sites for hydroxylation is 4. The van der Waals surface area contributed by atoms with E-state index in [4.69, 9.17) is 15.0 Å². The molecule has 2 aliphatic rings. The summed E-state index contributed by atoms with van der Waals surface area (Å²) >= 11 is 0. The molecule has 0 atom stereocenters. The Morgan fingerprint density at radius 1 is 0.456 bits per heavy atom. The van der Waals surface area contributed by atoms with Gasteiger partial charge in [-0.05, 0) is 97.1 Å². The first-order valence-electron chi connectivity index (χ1n) is 18.4. The monoisotopic (exact) mass is 794 g/mol. The maximum atomic E-state index is 15.9. The van der Waals surface area contributed by atoms with Crippen molar-refractivity contribution < 1.29 is 29.7 Å². The van der Waals surface area contributed by atoms with Crippen molar-refractivity contribution >= 4 is 46.2 Å². The van der Waals surface area contributed by atoms with Crippen LogP contribution in [0.1, 0.15) is 50.6 Å². The second kappa shape index (κ2) is 14.7.